The van der Waals surface area contributed by atoms with Crippen LogP contribution in [0.2, 0.25) is 0 Å². The lowest BCUT2D eigenvalue weighted by atomic mass is 10.2. The molecule has 5 heteroatoms. The molecule has 2 aromatic rings. The Morgan fingerprint density at radius 3 is 2.27 bits per heavy atom. The zero-order valence-corrected chi connectivity index (χ0v) is 14.0. The van der Waals surface area contributed by atoms with Crippen LogP contribution in [0.1, 0.15) is 5.69 Å². The number of aryl methyl sites for hydroxylation is 1. The zero-order chi connectivity index (χ0) is 11.2. The number of hydrogen-bond acceptors (Lipinski definition) is 1. The molecular weight excluding hydrogens is 454 g/mol. The van der Waals surface area contributed by atoms with Gasteiger partial charge >= 0.3 is 0 Å². The molecule has 0 unspecified atom stereocenters. The summed E-state index contributed by atoms with van der Waals surface area (Å²) in [5, 5.41) is 1.09. The van der Waals surface area contributed by atoms with Gasteiger partial charge in [-0.1, -0.05) is 0 Å². The highest BCUT2D eigenvalue weighted by atomic mass is 79.9. The predicted octanol–water partition coefficient (Wildman–Crippen LogP) is 5.59. The molecule has 0 saturated heterocycles. The summed E-state index contributed by atoms with van der Waals surface area (Å²) in [5.74, 6) is 0. The lowest BCUT2D eigenvalue weighted by molar-refractivity contribution is 1.23. The number of fused-ring (bicyclic) bond motifs is 1. The summed E-state index contributed by atoms with van der Waals surface area (Å²) in [5.41, 5.74) is 1.96. The number of benzene rings is 1. The van der Waals surface area contributed by atoms with Gasteiger partial charge in [0.05, 0.1) is 11.2 Å². The molecule has 0 atom stereocenters. The van der Waals surface area contributed by atoms with Crippen molar-refractivity contribution in [3.63, 3.8) is 0 Å². The minimum absolute atomic E-state index is 0.970. The standard InChI is InChI=1S/C10H5Br4N/c1-4-6(11)2-5-8(15-4)3-7(12)10(14)9(5)13/h2-3H,1H3. The van der Waals surface area contributed by atoms with Gasteiger partial charge in [0, 0.05) is 23.3 Å². The molecule has 0 saturated carbocycles. The fourth-order valence-corrected chi connectivity index (χ4v) is 3.15. The van der Waals surface area contributed by atoms with E-state index in [9.17, 15) is 0 Å². The van der Waals surface area contributed by atoms with Crippen molar-refractivity contribution in [2.45, 2.75) is 6.92 Å². The van der Waals surface area contributed by atoms with Gasteiger partial charge in [0.15, 0.2) is 0 Å². The van der Waals surface area contributed by atoms with Crippen molar-refractivity contribution in [3.05, 3.63) is 35.7 Å². The van der Waals surface area contributed by atoms with E-state index in [2.05, 4.69) is 74.8 Å². The molecule has 2 rings (SSSR count). The molecule has 1 aromatic heterocycles. The van der Waals surface area contributed by atoms with Gasteiger partial charge in [0.1, 0.15) is 0 Å². The Hall–Kier alpha value is 0.550. The fraction of sp³-hybridized carbons (Fsp3) is 0.100. The Morgan fingerprint density at radius 1 is 0.933 bits per heavy atom. The van der Waals surface area contributed by atoms with Gasteiger partial charge in [-0.05, 0) is 82.8 Å². The monoisotopic (exact) mass is 455 g/mol. The van der Waals surface area contributed by atoms with Crippen molar-refractivity contribution in [1.29, 1.82) is 0 Å². The van der Waals surface area contributed by atoms with E-state index in [1.54, 1.807) is 0 Å². The lowest BCUT2D eigenvalue weighted by Crippen LogP contribution is -1.87. The molecular formula is C10H5Br4N. The Balaban J connectivity index is 2.93. The van der Waals surface area contributed by atoms with E-state index in [1.807, 2.05) is 13.0 Å². The molecule has 1 nitrogen and oxygen atoms in total. The molecule has 0 N–H and O–H groups in total. The Morgan fingerprint density at radius 2 is 1.60 bits per heavy atom. The van der Waals surface area contributed by atoms with Gasteiger partial charge in [-0.25, -0.2) is 0 Å². The summed E-state index contributed by atoms with van der Waals surface area (Å²) in [7, 11) is 0. The topological polar surface area (TPSA) is 12.9 Å². The molecule has 0 fully saturated rings. The summed E-state index contributed by atoms with van der Waals surface area (Å²) in [4.78, 5) is 4.51. The van der Waals surface area contributed by atoms with E-state index in [0.29, 0.717) is 0 Å². The van der Waals surface area contributed by atoms with Crippen LogP contribution >= 0.6 is 63.7 Å². The van der Waals surface area contributed by atoms with Crippen LogP contribution in [0.5, 0.6) is 0 Å². The van der Waals surface area contributed by atoms with Crippen LogP contribution in [0.15, 0.2) is 30.0 Å². The number of nitrogens with zero attached hydrogens (tertiary/aromatic N) is 1. The molecule has 0 spiro atoms. The third-order valence-electron chi connectivity index (χ3n) is 2.08. The average molecular weight is 459 g/mol. The van der Waals surface area contributed by atoms with Crippen molar-refractivity contribution in [3.8, 4) is 0 Å². The maximum atomic E-state index is 4.51. The van der Waals surface area contributed by atoms with E-state index >= 15 is 0 Å². The number of rotatable bonds is 0. The molecule has 1 heterocycles. The first-order valence-electron chi connectivity index (χ1n) is 4.11. The van der Waals surface area contributed by atoms with Crippen LogP contribution in [-0.2, 0) is 0 Å². The van der Waals surface area contributed by atoms with Crippen LogP contribution < -0.4 is 0 Å². The molecule has 78 valence electrons. The van der Waals surface area contributed by atoms with Crippen LogP contribution in [0.25, 0.3) is 10.9 Å². The first-order valence-corrected chi connectivity index (χ1v) is 7.28. The minimum atomic E-state index is 0.970. The van der Waals surface area contributed by atoms with E-state index in [0.717, 1.165) is 34.5 Å². The fourth-order valence-electron chi connectivity index (χ4n) is 1.29. The van der Waals surface area contributed by atoms with E-state index in [-0.39, 0.29) is 0 Å². The number of halogens is 4. The smallest absolute Gasteiger partial charge is 0.0729 e. The van der Waals surface area contributed by atoms with Crippen LogP contribution in [0.3, 0.4) is 0 Å². The third-order valence-corrected chi connectivity index (χ3v) is 6.22. The molecule has 0 aliphatic rings. The normalized spacial score (nSPS) is 11.0. The summed E-state index contributed by atoms with van der Waals surface area (Å²) in [6.07, 6.45) is 0. The number of pyridine rings is 1. The highest BCUT2D eigenvalue weighted by Gasteiger charge is 2.10. The first kappa shape index (κ1) is 12.0. The first-order chi connectivity index (χ1) is 7.00. The zero-order valence-electron chi connectivity index (χ0n) is 7.61. The molecule has 0 aliphatic heterocycles. The third kappa shape index (κ3) is 2.16. The summed E-state index contributed by atoms with van der Waals surface area (Å²) >= 11 is 14.0. The number of aromatic nitrogens is 1. The van der Waals surface area contributed by atoms with E-state index in [1.165, 1.54) is 0 Å². The number of hydrogen-bond donors (Lipinski definition) is 0. The average Bonchev–Trinajstić information content (AvgIpc) is 2.19. The molecule has 1 aromatic carbocycles. The largest absolute Gasteiger partial charge is 0.252 e. The Labute approximate surface area is 121 Å². The molecule has 0 radical (unpaired) electrons. The van der Waals surface area contributed by atoms with Crippen molar-refractivity contribution < 1.29 is 0 Å². The second-order valence-corrected chi connectivity index (χ2v) is 6.40. The maximum Gasteiger partial charge on any atom is 0.0729 e. The SMILES string of the molecule is Cc1nc2cc(Br)c(Br)c(Br)c2cc1Br. The predicted molar refractivity (Wildman–Crippen MR) is 77.3 cm³/mol. The van der Waals surface area contributed by atoms with Gasteiger partial charge in [-0.3, -0.25) is 4.98 Å². The summed E-state index contributed by atoms with van der Waals surface area (Å²) in [6.45, 7) is 1.98. The summed E-state index contributed by atoms with van der Waals surface area (Å²) < 4.78 is 4.04. The van der Waals surface area contributed by atoms with E-state index in [4.69, 9.17) is 0 Å². The van der Waals surface area contributed by atoms with Crippen molar-refractivity contribution >= 4 is 74.6 Å². The van der Waals surface area contributed by atoms with Crippen molar-refractivity contribution in [2.24, 2.45) is 0 Å². The molecule has 0 amide bonds. The maximum absolute atomic E-state index is 4.51. The van der Waals surface area contributed by atoms with Crippen LogP contribution in [0, 0.1) is 6.92 Å². The molecule has 0 bridgehead atoms. The van der Waals surface area contributed by atoms with Gasteiger partial charge in [0.25, 0.3) is 0 Å². The van der Waals surface area contributed by atoms with Crippen molar-refractivity contribution in [1.82, 2.24) is 4.98 Å². The van der Waals surface area contributed by atoms with Crippen molar-refractivity contribution in [2.75, 3.05) is 0 Å². The highest BCUT2D eigenvalue weighted by molar-refractivity contribution is 9.14. The molecule has 15 heavy (non-hydrogen) atoms. The second-order valence-electron chi connectivity index (χ2n) is 3.11. The molecule has 0 aliphatic carbocycles. The highest BCUT2D eigenvalue weighted by Crippen LogP contribution is 2.38. The van der Waals surface area contributed by atoms with Gasteiger partial charge in [0.2, 0.25) is 0 Å². The quantitative estimate of drug-likeness (QED) is 0.469. The van der Waals surface area contributed by atoms with Gasteiger partial charge in [-0.2, -0.15) is 0 Å². The summed E-state index contributed by atoms with van der Waals surface area (Å²) in [6, 6.07) is 4.07. The lowest BCUT2D eigenvalue weighted by Gasteiger charge is -2.07. The van der Waals surface area contributed by atoms with Crippen LogP contribution in [0.4, 0.5) is 0 Å². The van der Waals surface area contributed by atoms with Gasteiger partial charge in [-0.15, -0.1) is 0 Å². The second kappa shape index (κ2) is 4.43. The van der Waals surface area contributed by atoms with Crippen LogP contribution in [-0.4, -0.2) is 4.98 Å². The Bertz CT molecular complexity index is 546. The van der Waals surface area contributed by atoms with E-state index < -0.39 is 0 Å². The van der Waals surface area contributed by atoms with Gasteiger partial charge < -0.3 is 0 Å². The Kier molecular flexibility index (Phi) is 3.55. The minimum Gasteiger partial charge on any atom is -0.252 e.